The topological polar surface area (TPSA) is 18.5 Å². The van der Waals surface area contributed by atoms with Gasteiger partial charge < -0.3 is 9.47 Å². The lowest BCUT2D eigenvalue weighted by atomic mass is 9.91. The molecule has 0 amide bonds. The van der Waals surface area contributed by atoms with E-state index in [-0.39, 0.29) is 7.35 Å². The molecule has 192 valence electrons. The van der Waals surface area contributed by atoms with Gasteiger partial charge in [0.2, 0.25) is 0 Å². The van der Waals surface area contributed by atoms with Crippen molar-refractivity contribution in [2.75, 3.05) is 13.2 Å². The van der Waals surface area contributed by atoms with E-state index in [0.29, 0.717) is 0 Å². The molecule has 0 spiro atoms. The Kier molecular flexibility index (Phi) is 15.7. The normalized spacial score (nSPS) is 17.3. The van der Waals surface area contributed by atoms with Crippen LogP contribution >= 0.6 is 77.0 Å². The standard InChI is InChI=1S/C28H40Br2I2O2/c1-3-5-7-9-11-13-17-33-26-19-22(15-16-24(26)29)23-20-27(25(30)21-28(23,31)32)34-18-14-12-10-8-6-4-2/h15-16,19-21,23H,3-14,17-18H2,1-2H3. The van der Waals surface area contributed by atoms with Crippen molar-refractivity contribution in [1.82, 2.24) is 0 Å². The molecule has 1 unspecified atom stereocenters. The summed E-state index contributed by atoms with van der Waals surface area (Å²) in [5.41, 5.74) is 1.25. The Hall–Kier alpha value is 0.720. The Labute approximate surface area is 252 Å². The summed E-state index contributed by atoms with van der Waals surface area (Å²) < 4.78 is 14.4. The number of rotatable bonds is 17. The van der Waals surface area contributed by atoms with Crippen LogP contribution in [0, 0.1) is 0 Å². The summed E-state index contributed by atoms with van der Waals surface area (Å²) in [7, 11) is 0. The molecule has 1 aromatic carbocycles. The predicted octanol–water partition coefficient (Wildman–Crippen LogP) is 11.4. The van der Waals surface area contributed by atoms with Crippen LogP contribution in [0.2, 0.25) is 0 Å². The highest BCUT2D eigenvalue weighted by Gasteiger charge is 2.36. The van der Waals surface area contributed by atoms with Gasteiger partial charge in [0.1, 0.15) is 12.9 Å². The molecule has 1 aliphatic rings. The van der Waals surface area contributed by atoms with E-state index in [1.807, 2.05) is 0 Å². The number of alkyl halides is 2. The van der Waals surface area contributed by atoms with Crippen LogP contribution in [0.5, 0.6) is 5.75 Å². The molecule has 0 aromatic heterocycles. The quantitative estimate of drug-likeness (QED) is 0.0885. The second-order valence-electron chi connectivity index (χ2n) is 9.10. The van der Waals surface area contributed by atoms with Crippen LogP contribution in [0.1, 0.15) is 102 Å². The average molecular weight is 822 g/mol. The minimum Gasteiger partial charge on any atom is -0.493 e. The summed E-state index contributed by atoms with van der Waals surface area (Å²) >= 11 is 12.5. The van der Waals surface area contributed by atoms with Crippen LogP contribution in [0.15, 0.2) is 45.1 Å². The summed E-state index contributed by atoms with van der Waals surface area (Å²) in [5, 5.41) is 0. The van der Waals surface area contributed by atoms with Crippen LogP contribution < -0.4 is 4.74 Å². The number of hydrogen-bond acceptors (Lipinski definition) is 2. The zero-order chi connectivity index (χ0) is 24.8. The molecule has 0 saturated heterocycles. The molecule has 0 bridgehead atoms. The van der Waals surface area contributed by atoms with Gasteiger partial charge in [-0.3, -0.25) is 0 Å². The van der Waals surface area contributed by atoms with Crippen molar-refractivity contribution in [2.45, 2.75) is 98.2 Å². The van der Waals surface area contributed by atoms with Crippen LogP contribution in [0.4, 0.5) is 0 Å². The van der Waals surface area contributed by atoms with Gasteiger partial charge in [0, 0.05) is 5.92 Å². The van der Waals surface area contributed by atoms with Crippen molar-refractivity contribution in [2.24, 2.45) is 0 Å². The zero-order valence-corrected chi connectivity index (χ0v) is 28.2. The third kappa shape index (κ3) is 11.0. The average Bonchev–Trinajstić information content (AvgIpc) is 2.80. The first-order valence-electron chi connectivity index (χ1n) is 12.9. The van der Waals surface area contributed by atoms with Crippen LogP contribution in [-0.2, 0) is 4.74 Å². The van der Waals surface area contributed by atoms with Crippen molar-refractivity contribution in [3.05, 3.63) is 50.6 Å². The Morgan fingerprint density at radius 1 is 0.794 bits per heavy atom. The van der Waals surface area contributed by atoms with Crippen molar-refractivity contribution in [3.63, 3.8) is 0 Å². The molecule has 0 fully saturated rings. The largest absolute Gasteiger partial charge is 0.493 e. The summed E-state index contributed by atoms with van der Waals surface area (Å²) in [6.45, 7) is 6.06. The van der Waals surface area contributed by atoms with Crippen LogP contribution in [-0.4, -0.2) is 14.6 Å². The van der Waals surface area contributed by atoms with Gasteiger partial charge in [0.25, 0.3) is 0 Å². The first-order chi connectivity index (χ1) is 16.4. The fraction of sp³-hybridized carbons (Fsp3) is 0.643. The monoisotopic (exact) mass is 820 g/mol. The van der Waals surface area contributed by atoms with Gasteiger partial charge in [0.15, 0.2) is 0 Å². The third-order valence-corrected chi connectivity index (χ3v) is 9.35. The highest BCUT2D eigenvalue weighted by Crippen LogP contribution is 2.50. The molecule has 2 rings (SSSR count). The number of benzene rings is 1. The van der Waals surface area contributed by atoms with Gasteiger partial charge in [-0.05, 0) is 74.5 Å². The third-order valence-electron chi connectivity index (χ3n) is 6.11. The molecule has 34 heavy (non-hydrogen) atoms. The fourth-order valence-corrected chi connectivity index (χ4v) is 7.59. The maximum absolute atomic E-state index is 6.22. The van der Waals surface area contributed by atoms with Crippen LogP contribution in [0.25, 0.3) is 0 Å². The van der Waals surface area contributed by atoms with Gasteiger partial charge in [-0.2, -0.15) is 0 Å². The molecule has 6 heteroatoms. The summed E-state index contributed by atoms with van der Waals surface area (Å²) in [6, 6.07) is 6.52. The van der Waals surface area contributed by atoms with Gasteiger partial charge in [-0.15, -0.1) is 0 Å². The molecule has 0 aliphatic heterocycles. The Morgan fingerprint density at radius 2 is 1.35 bits per heavy atom. The molecule has 1 atom stereocenters. The SMILES string of the molecule is CCCCCCCCOC1=CC(c2ccc(Br)c(OCCCCCCCC)c2)C(I)(I)C=C1Br. The second-order valence-corrected chi connectivity index (χ2v) is 16.4. The minimum atomic E-state index is -0.0776. The van der Waals surface area contributed by atoms with Gasteiger partial charge in [-0.25, -0.2) is 0 Å². The van der Waals surface area contributed by atoms with E-state index in [1.165, 1.54) is 69.8 Å². The molecule has 0 saturated carbocycles. The highest BCUT2D eigenvalue weighted by molar-refractivity contribution is 14.2. The van der Waals surface area contributed by atoms with Gasteiger partial charge in [-0.1, -0.05) is 129 Å². The smallest absolute Gasteiger partial charge is 0.133 e. The predicted molar refractivity (Wildman–Crippen MR) is 171 cm³/mol. The molecule has 1 aliphatic carbocycles. The maximum atomic E-state index is 6.22. The number of hydrogen-bond donors (Lipinski definition) is 0. The summed E-state index contributed by atoms with van der Waals surface area (Å²) in [5.74, 6) is 2.10. The first-order valence-corrected chi connectivity index (χ1v) is 16.7. The first kappa shape index (κ1) is 30.9. The number of unbranched alkanes of at least 4 members (excludes halogenated alkanes) is 10. The second kappa shape index (κ2) is 17.3. The molecule has 0 N–H and O–H groups in total. The van der Waals surface area contributed by atoms with E-state index < -0.39 is 0 Å². The fourth-order valence-electron chi connectivity index (χ4n) is 4.06. The zero-order valence-electron chi connectivity index (χ0n) is 20.7. The number of ether oxygens (including phenoxy) is 2. The van der Waals surface area contributed by atoms with Crippen molar-refractivity contribution < 1.29 is 9.47 Å². The Balaban J connectivity index is 1.97. The Morgan fingerprint density at radius 3 is 1.97 bits per heavy atom. The lowest BCUT2D eigenvalue weighted by molar-refractivity contribution is 0.213. The van der Waals surface area contributed by atoms with Crippen molar-refractivity contribution in [3.8, 4) is 5.75 Å². The van der Waals surface area contributed by atoms with E-state index in [4.69, 9.17) is 9.47 Å². The summed E-state index contributed by atoms with van der Waals surface area (Å²) in [6.07, 6.45) is 19.8. The van der Waals surface area contributed by atoms with Gasteiger partial charge >= 0.3 is 0 Å². The van der Waals surface area contributed by atoms with Crippen molar-refractivity contribution >= 4 is 77.0 Å². The van der Waals surface area contributed by atoms with E-state index in [0.717, 1.165) is 46.5 Å². The van der Waals surface area contributed by atoms with Crippen LogP contribution in [0.3, 0.4) is 0 Å². The highest BCUT2D eigenvalue weighted by atomic mass is 127. The van der Waals surface area contributed by atoms with E-state index in [2.05, 4.69) is 121 Å². The van der Waals surface area contributed by atoms with E-state index >= 15 is 0 Å². The summed E-state index contributed by atoms with van der Waals surface area (Å²) in [4.78, 5) is 0. The molecular weight excluding hydrogens is 782 g/mol. The maximum Gasteiger partial charge on any atom is 0.133 e. The van der Waals surface area contributed by atoms with E-state index in [9.17, 15) is 0 Å². The number of halogens is 4. The molecule has 1 aromatic rings. The Bertz CT molecular complexity index is 793. The van der Waals surface area contributed by atoms with E-state index in [1.54, 1.807) is 0 Å². The van der Waals surface area contributed by atoms with Gasteiger partial charge in [0.05, 0.1) is 22.2 Å². The molecular formula is C28H40Br2I2O2. The molecule has 0 heterocycles. The lowest BCUT2D eigenvalue weighted by Gasteiger charge is -2.31. The lowest BCUT2D eigenvalue weighted by Crippen LogP contribution is -2.23. The minimum absolute atomic E-state index is 0.0776. The number of allylic oxidation sites excluding steroid dienone is 3. The molecule has 2 nitrogen and oxygen atoms in total. The molecule has 0 radical (unpaired) electrons. The van der Waals surface area contributed by atoms with Crippen molar-refractivity contribution in [1.29, 1.82) is 0 Å².